The van der Waals surface area contributed by atoms with E-state index in [9.17, 15) is 4.57 Å². The highest BCUT2D eigenvalue weighted by Gasteiger charge is 2.16. The van der Waals surface area contributed by atoms with Crippen molar-refractivity contribution in [3.05, 3.63) is 42.5 Å². The van der Waals surface area contributed by atoms with Gasteiger partial charge in [0, 0.05) is 5.39 Å². The number of rotatable bonds is 2. The van der Waals surface area contributed by atoms with Gasteiger partial charge in [0.25, 0.3) is 0 Å². The first-order chi connectivity index (χ1) is 7.06. The Bertz CT molecular complexity index is 530. The van der Waals surface area contributed by atoms with E-state index in [1.807, 2.05) is 30.3 Å². The molecule has 0 aliphatic carbocycles. The van der Waals surface area contributed by atoms with Crippen molar-refractivity contribution in [2.45, 2.75) is 0 Å². The molecule has 2 aromatic rings. The van der Waals surface area contributed by atoms with Gasteiger partial charge in [-0.15, -0.1) is 0 Å². The standard InChI is InChI=1S/C10H8BrO3P/c11-15(12,13)14-10-7-3-5-8-4-1-2-6-9(8)10/h1-7H,(H,12,13). The van der Waals surface area contributed by atoms with Crippen molar-refractivity contribution in [2.24, 2.45) is 0 Å². The first-order valence-corrected chi connectivity index (χ1v) is 7.86. The van der Waals surface area contributed by atoms with Gasteiger partial charge in [0.2, 0.25) is 0 Å². The molecule has 15 heavy (non-hydrogen) atoms. The molecule has 0 saturated heterocycles. The summed E-state index contributed by atoms with van der Waals surface area (Å²) in [4.78, 5) is 9.08. The first kappa shape index (κ1) is 10.7. The Labute approximate surface area is 95.0 Å². The van der Waals surface area contributed by atoms with E-state index in [0.717, 1.165) is 10.8 Å². The fourth-order valence-corrected chi connectivity index (χ4v) is 2.27. The fourth-order valence-electron chi connectivity index (χ4n) is 1.40. The Morgan fingerprint density at radius 3 is 2.53 bits per heavy atom. The third kappa shape index (κ3) is 2.59. The predicted molar refractivity (Wildman–Crippen MR) is 63.3 cm³/mol. The number of halogens is 1. The van der Waals surface area contributed by atoms with Gasteiger partial charge in [0.1, 0.15) is 5.75 Å². The van der Waals surface area contributed by atoms with E-state index < -0.39 is 6.30 Å². The summed E-state index contributed by atoms with van der Waals surface area (Å²) in [5, 5.41) is 1.78. The highest BCUT2D eigenvalue weighted by Crippen LogP contribution is 2.51. The summed E-state index contributed by atoms with van der Waals surface area (Å²) in [5.74, 6) is 0.399. The normalized spacial score (nSPS) is 14.8. The van der Waals surface area contributed by atoms with Crippen LogP contribution < -0.4 is 4.52 Å². The SMILES string of the molecule is O=P(O)(Br)Oc1cccc2ccccc12. The first-order valence-electron chi connectivity index (χ1n) is 4.26. The van der Waals surface area contributed by atoms with Crippen molar-refractivity contribution in [1.29, 1.82) is 0 Å². The van der Waals surface area contributed by atoms with Gasteiger partial charge in [-0.05, 0) is 11.5 Å². The fraction of sp³-hybridized carbons (Fsp3) is 0. The van der Waals surface area contributed by atoms with E-state index in [2.05, 4.69) is 15.5 Å². The summed E-state index contributed by atoms with van der Waals surface area (Å²) >= 11 is 2.59. The summed E-state index contributed by atoms with van der Waals surface area (Å²) in [7, 11) is 0. The molecular weight excluding hydrogens is 279 g/mol. The van der Waals surface area contributed by atoms with Crippen molar-refractivity contribution < 1.29 is 14.0 Å². The molecule has 0 bridgehead atoms. The lowest BCUT2D eigenvalue weighted by atomic mass is 10.1. The molecule has 78 valence electrons. The van der Waals surface area contributed by atoms with Crippen LogP contribution in [0.1, 0.15) is 0 Å². The van der Waals surface area contributed by atoms with Crippen LogP contribution in [0.4, 0.5) is 0 Å². The lowest BCUT2D eigenvalue weighted by Gasteiger charge is -2.09. The van der Waals surface area contributed by atoms with Gasteiger partial charge in [0.15, 0.2) is 0 Å². The van der Waals surface area contributed by atoms with Crippen LogP contribution >= 0.6 is 21.8 Å². The van der Waals surface area contributed by atoms with E-state index in [1.165, 1.54) is 0 Å². The van der Waals surface area contributed by atoms with Crippen molar-refractivity contribution in [3.8, 4) is 5.75 Å². The summed E-state index contributed by atoms with van der Waals surface area (Å²) in [6.45, 7) is 0. The monoisotopic (exact) mass is 286 g/mol. The van der Waals surface area contributed by atoms with Crippen LogP contribution in [-0.4, -0.2) is 4.89 Å². The second-order valence-electron chi connectivity index (χ2n) is 3.02. The number of benzene rings is 2. The summed E-state index contributed by atoms with van der Waals surface area (Å²) in [6.07, 6.45) is -3.68. The molecule has 1 atom stereocenters. The highest BCUT2D eigenvalue weighted by molar-refractivity contribution is 9.39. The van der Waals surface area contributed by atoms with Gasteiger partial charge in [-0.1, -0.05) is 36.4 Å². The molecule has 1 unspecified atom stereocenters. The summed E-state index contributed by atoms with van der Waals surface area (Å²) in [6, 6.07) is 12.9. The molecule has 0 radical (unpaired) electrons. The van der Waals surface area contributed by atoms with E-state index in [0.29, 0.717) is 5.75 Å². The maximum absolute atomic E-state index is 11.1. The molecule has 0 spiro atoms. The molecule has 1 N–H and O–H groups in total. The molecule has 3 nitrogen and oxygen atoms in total. The third-order valence-corrected chi connectivity index (χ3v) is 2.82. The molecule has 0 aromatic heterocycles. The predicted octanol–water partition coefficient (Wildman–Crippen LogP) is 3.71. The number of fused-ring (bicyclic) bond motifs is 1. The molecular formula is C10H8BrO3P. The highest BCUT2D eigenvalue weighted by atomic mass is 79.9. The second kappa shape index (κ2) is 3.97. The van der Waals surface area contributed by atoms with Gasteiger partial charge < -0.3 is 9.42 Å². The molecule has 0 aliphatic rings. The zero-order valence-electron chi connectivity index (χ0n) is 7.63. The Morgan fingerprint density at radius 1 is 1.13 bits per heavy atom. The van der Waals surface area contributed by atoms with Crippen LogP contribution in [0.5, 0.6) is 5.75 Å². The van der Waals surface area contributed by atoms with Gasteiger partial charge in [0.05, 0.1) is 15.5 Å². The van der Waals surface area contributed by atoms with E-state index in [-0.39, 0.29) is 0 Å². The minimum absolute atomic E-state index is 0.399. The van der Waals surface area contributed by atoms with Crippen molar-refractivity contribution in [2.75, 3.05) is 0 Å². The van der Waals surface area contributed by atoms with Crippen LogP contribution in [0.25, 0.3) is 10.8 Å². The van der Waals surface area contributed by atoms with Crippen LogP contribution in [0, 0.1) is 0 Å². The van der Waals surface area contributed by atoms with Gasteiger partial charge >= 0.3 is 6.30 Å². The number of hydrogen-bond acceptors (Lipinski definition) is 2. The van der Waals surface area contributed by atoms with E-state index in [4.69, 9.17) is 9.42 Å². The van der Waals surface area contributed by atoms with Crippen molar-refractivity contribution in [1.82, 2.24) is 0 Å². The zero-order chi connectivity index (χ0) is 10.9. The molecule has 0 saturated carbocycles. The van der Waals surface area contributed by atoms with Crippen molar-refractivity contribution in [3.63, 3.8) is 0 Å². The number of hydrogen-bond donors (Lipinski definition) is 1. The van der Waals surface area contributed by atoms with Gasteiger partial charge in [-0.2, -0.15) is 0 Å². The van der Waals surface area contributed by atoms with E-state index >= 15 is 0 Å². The summed E-state index contributed by atoms with van der Waals surface area (Å²) < 4.78 is 16.0. The molecule has 0 amide bonds. The maximum atomic E-state index is 11.1. The quantitative estimate of drug-likeness (QED) is 0.856. The van der Waals surface area contributed by atoms with Crippen LogP contribution in [0.2, 0.25) is 0 Å². The van der Waals surface area contributed by atoms with Crippen molar-refractivity contribution >= 4 is 32.6 Å². The van der Waals surface area contributed by atoms with E-state index in [1.54, 1.807) is 12.1 Å². The van der Waals surface area contributed by atoms with Gasteiger partial charge in [-0.25, -0.2) is 4.57 Å². The Balaban J connectivity index is 2.56. The Hall–Kier alpha value is -0.830. The molecule has 2 aromatic carbocycles. The average molecular weight is 287 g/mol. The molecule has 0 fully saturated rings. The lowest BCUT2D eigenvalue weighted by Crippen LogP contribution is -1.86. The Kier molecular flexibility index (Phi) is 2.83. The maximum Gasteiger partial charge on any atom is 0.444 e. The average Bonchev–Trinajstić information content (AvgIpc) is 2.16. The molecule has 0 heterocycles. The molecule has 5 heteroatoms. The van der Waals surface area contributed by atoms with Crippen LogP contribution in [0.15, 0.2) is 42.5 Å². The van der Waals surface area contributed by atoms with Gasteiger partial charge in [-0.3, -0.25) is 0 Å². The zero-order valence-corrected chi connectivity index (χ0v) is 10.1. The smallest absolute Gasteiger partial charge is 0.416 e. The third-order valence-electron chi connectivity index (χ3n) is 1.96. The Morgan fingerprint density at radius 2 is 1.80 bits per heavy atom. The molecule has 2 rings (SSSR count). The largest absolute Gasteiger partial charge is 0.444 e. The molecule has 0 aliphatic heterocycles. The minimum atomic E-state index is -3.68. The van der Waals surface area contributed by atoms with Crippen LogP contribution in [-0.2, 0) is 4.57 Å². The minimum Gasteiger partial charge on any atom is -0.416 e. The second-order valence-corrected chi connectivity index (χ2v) is 6.79. The summed E-state index contributed by atoms with van der Waals surface area (Å²) in [5.41, 5.74) is 0. The lowest BCUT2D eigenvalue weighted by molar-refractivity contribution is 0.406. The topological polar surface area (TPSA) is 46.5 Å². The van der Waals surface area contributed by atoms with Crippen LogP contribution in [0.3, 0.4) is 0 Å².